The van der Waals surface area contributed by atoms with Gasteiger partial charge in [0.05, 0.1) is 6.54 Å². The van der Waals surface area contributed by atoms with Gasteiger partial charge in [-0.1, -0.05) is 13.3 Å². The first-order chi connectivity index (χ1) is 11.6. The van der Waals surface area contributed by atoms with Crippen molar-refractivity contribution in [2.24, 2.45) is 10.9 Å². The van der Waals surface area contributed by atoms with Crippen molar-refractivity contribution in [3.05, 3.63) is 23.9 Å². The molecular formula is C18H34IN5O. The summed E-state index contributed by atoms with van der Waals surface area (Å²) in [5.74, 6) is 2.23. The van der Waals surface area contributed by atoms with E-state index in [-0.39, 0.29) is 30.6 Å². The molecule has 0 bridgehead atoms. The number of aromatic nitrogens is 1. The predicted octanol–water partition coefficient (Wildman–Crippen LogP) is 2.62. The van der Waals surface area contributed by atoms with Crippen LogP contribution in [0.15, 0.2) is 23.3 Å². The van der Waals surface area contributed by atoms with Gasteiger partial charge in [0.2, 0.25) is 0 Å². The summed E-state index contributed by atoms with van der Waals surface area (Å²) < 4.78 is 0. The van der Waals surface area contributed by atoms with Crippen LogP contribution < -0.4 is 15.5 Å². The molecule has 1 heterocycles. The molecule has 0 amide bonds. The van der Waals surface area contributed by atoms with Crippen LogP contribution >= 0.6 is 24.0 Å². The molecule has 1 unspecified atom stereocenters. The number of halogens is 1. The van der Waals surface area contributed by atoms with E-state index in [2.05, 4.69) is 40.5 Å². The Morgan fingerprint density at radius 2 is 2.04 bits per heavy atom. The predicted molar refractivity (Wildman–Crippen MR) is 117 cm³/mol. The van der Waals surface area contributed by atoms with Crippen molar-refractivity contribution < 1.29 is 5.11 Å². The largest absolute Gasteiger partial charge is 0.396 e. The lowest BCUT2D eigenvalue weighted by Gasteiger charge is -2.18. The summed E-state index contributed by atoms with van der Waals surface area (Å²) in [4.78, 5) is 11.0. The van der Waals surface area contributed by atoms with Crippen molar-refractivity contribution in [3.8, 4) is 0 Å². The second kappa shape index (κ2) is 14.1. The van der Waals surface area contributed by atoms with Gasteiger partial charge in [0.15, 0.2) is 5.96 Å². The first kappa shape index (κ1) is 23.9. The molecule has 3 N–H and O–H groups in total. The van der Waals surface area contributed by atoms with Crippen molar-refractivity contribution in [3.63, 3.8) is 0 Å². The third-order valence-corrected chi connectivity index (χ3v) is 3.82. The van der Waals surface area contributed by atoms with Crippen LogP contribution in [0.25, 0.3) is 0 Å². The maximum absolute atomic E-state index is 9.17. The smallest absolute Gasteiger partial charge is 0.191 e. The summed E-state index contributed by atoms with van der Waals surface area (Å²) in [5.41, 5.74) is 1.13. The minimum absolute atomic E-state index is 0. The SMILES string of the molecule is CCCC(CCO)CNC(=NCc1ccnc(N(C)C)c1)NCC.I. The Balaban J connectivity index is 0.00000576. The number of guanidine groups is 1. The lowest BCUT2D eigenvalue weighted by molar-refractivity contribution is 0.251. The molecule has 0 fully saturated rings. The van der Waals surface area contributed by atoms with Crippen molar-refractivity contribution in [1.29, 1.82) is 0 Å². The number of anilines is 1. The molecule has 0 aromatic carbocycles. The van der Waals surface area contributed by atoms with Crippen molar-refractivity contribution in [1.82, 2.24) is 15.6 Å². The number of hydrogen-bond donors (Lipinski definition) is 3. The molecule has 0 spiro atoms. The molecular weight excluding hydrogens is 429 g/mol. The Labute approximate surface area is 169 Å². The maximum atomic E-state index is 9.17. The maximum Gasteiger partial charge on any atom is 0.191 e. The van der Waals surface area contributed by atoms with E-state index >= 15 is 0 Å². The molecule has 25 heavy (non-hydrogen) atoms. The summed E-state index contributed by atoms with van der Waals surface area (Å²) in [6, 6.07) is 4.05. The average Bonchev–Trinajstić information content (AvgIpc) is 2.57. The van der Waals surface area contributed by atoms with Crippen LogP contribution in [0.3, 0.4) is 0 Å². The Morgan fingerprint density at radius 1 is 1.28 bits per heavy atom. The second-order valence-electron chi connectivity index (χ2n) is 6.16. The van der Waals surface area contributed by atoms with Crippen molar-refractivity contribution >= 4 is 35.8 Å². The molecule has 0 radical (unpaired) electrons. The lowest BCUT2D eigenvalue weighted by atomic mass is 10.0. The molecule has 7 heteroatoms. The molecule has 0 aliphatic heterocycles. The molecule has 1 atom stereocenters. The quantitative estimate of drug-likeness (QED) is 0.283. The highest BCUT2D eigenvalue weighted by Gasteiger charge is 2.08. The summed E-state index contributed by atoms with van der Waals surface area (Å²) in [6.07, 6.45) is 4.89. The third-order valence-electron chi connectivity index (χ3n) is 3.82. The molecule has 1 rings (SSSR count). The Morgan fingerprint density at radius 3 is 2.64 bits per heavy atom. The molecule has 1 aromatic heterocycles. The fourth-order valence-corrected chi connectivity index (χ4v) is 2.50. The van der Waals surface area contributed by atoms with E-state index in [1.807, 2.05) is 31.3 Å². The standard InChI is InChI=1S/C18H33N5O.HI/c1-5-7-15(9-11-24)13-21-18(19-6-2)22-14-16-8-10-20-17(12-16)23(3)4;/h8,10,12,15,24H,5-7,9,11,13-14H2,1-4H3,(H2,19,21,22);1H. The molecule has 0 saturated heterocycles. The number of aliphatic hydroxyl groups is 1. The number of pyridine rings is 1. The summed E-state index contributed by atoms with van der Waals surface area (Å²) in [5, 5.41) is 15.9. The van der Waals surface area contributed by atoms with Crippen LogP contribution in [0, 0.1) is 5.92 Å². The highest BCUT2D eigenvalue weighted by atomic mass is 127. The van der Waals surface area contributed by atoms with Crippen LogP contribution in [0.2, 0.25) is 0 Å². The molecule has 0 saturated carbocycles. The van der Waals surface area contributed by atoms with Gasteiger partial charge < -0.3 is 20.6 Å². The minimum Gasteiger partial charge on any atom is -0.396 e. The zero-order valence-corrected chi connectivity index (χ0v) is 18.3. The van der Waals surface area contributed by atoms with Gasteiger partial charge in [-0.3, -0.25) is 0 Å². The third kappa shape index (κ3) is 9.84. The summed E-state index contributed by atoms with van der Waals surface area (Å²) >= 11 is 0. The van der Waals surface area contributed by atoms with Gasteiger partial charge in [-0.05, 0) is 43.4 Å². The average molecular weight is 463 g/mol. The topological polar surface area (TPSA) is 72.8 Å². The molecule has 6 nitrogen and oxygen atoms in total. The number of aliphatic imine (C=N–C) groups is 1. The van der Waals surface area contributed by atoms with Crippen LogP contribution in [0.4, 0.5) is 5.82 Å². The van der Waals surface area contributed by atoms with Gasteiger partial charge in [-0.2, -0.15) is 0 Å². The van der Waals surface area contributed by atoms with Crippen LogP contribution in [-0.4, -0.2) is 49.8 Å². The van der Waals surface area contributed by atoms with Crippen molar-refractivity contribution in [2.75, 3.05) is 38.7 Å². The highest BCUT2D eigenvalue weighted by molar-refractivity contribution is 14.0. The van der Waals surface area contributed by atoms with E-state index in [1.54, 1.807) is 0 Å². The fraction of sp³-hybridized carbons (Fsp3) is 0.667. The van der Waals surface area contributed by atoms with E-state index in [4.69, 9.17) is 0 Å². The van der Waals surface area contributed by atoms with Gasteiger partial charge in [0.25, 0.3) is 0 Å². The second-order valence-corrected chi connectivity index (χ2v) is 6.16. The number of aliphatic hydroxyl groups excluding tert-OH is 1. The zero-order chi connectivity index (χ0) is 17.8. The van der Waals surface area contributed by atoms with Gasteiger partial charge in [0.1, 0.15) is 5.82 Å². The van der Waals surface area contributed by atoms with Gasteiger partial charge in [-0.25, -0.2) is 9.98 Å². The van der Waals surface area contributed by atoms with E-state index in [9.17, 15) is 5.11 Å². The number of nitrogens with zero attached hydrogens (tertiary/aromatic N) is 3. The zero-order valence-electron chi connectivity index (χ0n) is 16.0. The fourth-order valence-electron chi connectivity index (χ4n) is 2.50. The monoisotopic (exact) mass is 463 g/mol. The van der Waals surface area contributed by atoms with Crippen molar-refractivity contribution in [2.45, 2.75) is 39.7 Å². The van der Waals surface area contributed by atoms with Crippen LogP contribution in [-0.2, 0) is 6.54 Å². The molecule has 144 valence electrons. The normalized spacial score (nSPS) is 12.3. The number of rotatable bonds is 10. The number of nitrogens with one attached hydrogen (secondary N) is 2. The minimum atomic E-state index is 0. The Hall–Kier alpha value is -1.09. The number of hydrogen-bond acceptors (Lipinski definition) is 4. The van der Waals surface area contributed by atoms with E-state index in [0.29, 0.717) is 12.5 Å². The highest BCUT2D eigenvalue weighted by Crippen LogP contribution is 2.11. The molecule has 0 aliphatic carbocycles. The first-order valence-corrected chi connectivity index (χ1v) is 8.85. The van der Waals surface area contributed by atoms with E-state index < -0.39 is 0 Å². The Kier molecular flexibility index (Phi) is 13.5. The molecule has 0 aliphatic rings. The van der Waals surface area contributed by atoms with Gasteiger partial charge in [-0.15, -0.1) is 24.0 Å². The van der Waals surface area contributed by atoms with Gasteiger partial charge in [0, 0.05) is 40.0 Å². The van der Waals surface area contributed by atoms with Gasteiger partial charge >= 0.3 is 0 Å². The van der Waals surface area contributed by atoms with Crippen LogP contribution in [0.5, 0.6) is 0 Å². The van der Waals surface area contributed by atoms with Crippen LogP contribution in [0.1, 0.15) is 38.7 Å². The molecule has 1 aromatic rings. The Bertz CT molecular complexity index is 490. The van der Waals surface area contributed by atoms with E-state index in [0.717, 1.165) is 49.7 Å². The summed E-state index contributed by atoms with van der Waals surface area (Å²) in [7, 11) is 3.96. The van der Waals surface area contributed by atoms with E-state index in [1.165, 1.54) is 0 Å². The first-order valence-electron chi connectivity index (χ1n) is 8.85. The summed E-state index contributed by atoms with van der Waals surface area (Å²) in [6.45, 7) is 6.74. The lowest BCUT2D eigenvalue weighted by Crippen LogP contribution is -2.40.